The van der Waals surface area contributed by atoms with Crippen molar-refractivity contribution in [3.63, 3.8) is 0 Å². The van der Waals surface area contributed by atoms with E-state index in [1.54, 1.807) is 11.9 Å². The summed E-state index contributed by atoms with van der Waals surface area (Å²) in [5.74, 6) is -0.283. The van der Waals surface area contributed by atoms with Gasteiger partial charge in [-0.15, -0.1) is 24.9 Å². The normalized spacial score (nSPS) is 21.6. The van der Waals surface area contributed by atoms with Crippen molar-refractivity contribution in [1.29, 1.82) is 0 Å². The van der Waals surface area contributed by atoms with Crippen molar-refractivity contribution in [2.24, 2.45) is 0 Å². The Kier molecular flexibility index (Phi) is 5.15. The van der Waals surface area contributed by atoms with Crippen LogP contribution in [0.2, 0.25) is 0 Å². The molecule has 2 fully saturated rings. The van der Waals surface area contributed by atoms with Crippen LogP contribution in [0, 0.1) is 0 Å². The molecule has 2 aliphatic rings. The minimum absolute atomic E-state index is 0.123. The molecule has 1 aliphatic carbocycles. The number of benzene rings is 1. The fourth-order valence-electron chi connectivity index (χ4n) is 2.68. The highest BCUT2D eigenvalue weighted by molar-refractivity contribution is 8.00. The summed E-state index contributed by atoms with van der Waals surface area (Å²) in [6, 6.07) is 3.34. The van der Waals surface area contributed by atoms with Gasteiger partial charge in [0.25, 0.3) is 0 Å². The van der Waals surface area contributed by atoms with Gasteiger partial charge >= 0.3 is 6.36 Å². The highest BCUT2D eigenvalue weighted by Crippen LogP contribution is 2.33. The summed E-state index contributed by atoms with van der Waals surface area (Å²) in [5, 5.41) is 0. The van der Waals surface area contributed by atoms with Crippen LogP contribution >= 0.6 is 11.8 Å². The molecule has 1 saturated carbocycles. The SMILES string of the molecule is CN(C(=O)C1CSCN1S(=O)(=O)c1ccc(OC(F)(F)F)cc1)C1CC1. The van der Waals surface area contributed by atoms with Crippen molar-refractivity contribution in [2.75, 3.05) is 18.7 Å². The average molecular weight is 410 g/mol. The van der Waals surface area contributed by atoms with E-state index in [0.717, 1.165) is 41.4 Å². The Labute approximate surface area is 153 Å². The summed E-state index contributed by atoms with van der Waals surface area (Å²) in [5.41, 5.74) is 0. The van der Waals surface area contributed by atoms with Gasteiger partial charge in [-0.3, -0.25) is 4.79 Å². The number of likely N-dealkylation sites (N-methyl/N-ethyl adjacent to an activating group) is 1. The number of sulfonamides is 1. The van der Waals surface area contributed by atoms with Gasteiger partial charge in [-0.05, 0) is 37.1 Å². The summed E-state index contributed by atoms with van der Waals surface area (Å²) in [6.07, 6.45) is -3.03. The molecule has 1 unspecified atom stereocenters. The maximum atomic E-state index is 12.8. The molecule has 11 heteroatoms. The molecule has 26 heavy (non-hydrogen) atoms. The molecule has 0 radical (unpaired) electrons. The number of carbonyl (C=O) groups is 1. The highest BCUT2D eigenvalue weighted by Gasteiger charge is 2.43. The topological polar surface area (TPSA) is 66.9 Å². The van der Waals surface area contributed by atoms with Gasteiger partial charge in [0.05, 0.1) is 10.8 Å². The standard InChI is InChI=1S/C15H17F3N2O4S2/c1-19(10-2-3-10)14(21)13-8-25-9-20(13)26(22,23)12-6-4-11(5-7-12)24-15(16,17)18/h4-7,10,13H,2-3,8-9H2,1H3. The van der Waals surface area contributed by atoms with Crippen LogP contribution in [0.5, 0.6) is 5.75 Å². The van der Waals surface area contributed by atoms with E-state index in [4.69, 9.17) is 0 Å². The van der Waals surface area contributed by atoms with E-state index in [2.05, 4.69) is 4.74 Å². The Bertz CT molecular complexity index is 779. The van der Waals surface area contributed by atoms with E-state index < -0.39 is 28.2 Å². The lowest BCUT2D eigenvalue weighted by Crippen LogP contribution is -2.48. The van der Waals surface area contributed by atoms with E-state index in [9.17, 15) is 26.4 Å². The van der Waals surface area contributed by atoms with E-state index in [1.807, 2.05) is 0 Å². The summed E-state index contributed by atoms with van der Waals surface area (Å²) in [4.78, 5) is 14.0. The van der Waals surface area contributed by atoms with Gasteiger partial charge in [-0.2, -0.15) is 4.31 Å². The number of nitrogens with zero attached hydrogens (tertiary/aromatic N) is 2. The Morgan fingerprint density at radius 1 is 1.27 bits per heavy atom. The van der Waals surface area contributed by atoms with E-state index in [1.165, 1.54) is 11.8 Å². The van der Waals surface area contributed by atoms with E-state index in [-0.39, 0.29) is 22.7 Å². The molecule has 0 N–H and O–H groups in total. The maximum absolute atomic E-state index is 12.8. The number of amides is 1. The van der Waals surface area contributed by atoms with Crippen LogP contribution in [-0.4, -0.2) is 60.7 Å². The molecule has 3 rings (SSSR count). The zero-order valence-corrected chi connectivity index (χ0v) is 15.4. The van der Waals surface area contributed by atoms with Crippen molar-refractivity contribution < 1.29 is 31.1 Å². The first-order chi connectivity index (χ1) is 12.1. The fourth-order valence-corrected chi connectivity index (χ4v) is 5.82. The number of halogens is 3. The molecular formula is C15H17F3N2O4S2. The van der Waals surface area contributed by atoms with Crippen LogP contribution in [0.15, 0.2) is 29.2 Å². The Balaban J connectivity index is 1.79. The second-order valence-electron chi connectivity index (χ2n) is 6.11. The number of carbonyl (C=O) groups excluding carboxylic acids is 1. The first-order valence-corrected chi connectivity index (χ1v) is 10.4. The van der Waals surface area contributed by atoms with E-state index in [0.29, 0.717) is 5.75 Å². The predicted octanol–water partition coefficient (Wildman–Crippen LogP) is 2.27. The van der Waals surface area contributed by atoms with Crippen molar-refractivity contribution in [1.82, 2.24) is 9.21 Å². The summed E-state index contributed by atoms with van der Waals surface area (Å²) >= 11 is 1.33. The number of thioether (sulfide) groups is 1. The Morgan fingerprint density at radius 3 is 2.42 bits per heavy atom. The van der Waals surface area contributed by atoms with Crippen molar-refractivity contribution >= 4 is 27.7 Å². The Hall–Kier alpha value is -1.46. The predicted molar refractivity (Wildman–Crippen MR) is 89.1 cm³/mol. The summed E-state index contributed by atoms with van der Waals surface area (Å²) in [6.45, 7) is 0. The fraction of sp³-hybridized carbons (Fsp3) is 0.533. The maximum Gasteiger partial charge on any atom is 0.573 e. The molecule has 144 valence electrons. The largest absolute Gasteiger partial charge is 0.573 e. The third-order valence-electron chi connectivity index (χ3n) is 4.23. The number of hydrogen-bond acceptors (Lipinski definition) is 5. The zero-order chi connectivity index (χ0) is 19.1. The average Bonchev–Trinajstić information content (AvgIpc) is 3.28. The monoisotopic (exact) mass is 410 g/mol. The first kappa shape index (κ1) is 19.3. The molecule has 1 atom stereocenters. The molecule has 1 saturated heterocycles. The van der Waals surface area contributed by atoms with Crippen molar-refractivity contribution in [2.45, 2.75) is 36.2 Å². The second kappa shape index (κ2) is 6.93. The summed E-state index contributed by atoms with van der Waals surface area (Å²) in [7, 11) is -2.34. The molecule has 1 amide bonds. The zero-order valence-electron chi connectivity index (χ0n) is 13.8. The molecule has 0 spiro atoms. The first-order valence-electron chi connectivity index (χ1n) is 7.81. The molecule has 1 aliphatic heterocycles. The quantitative estimate of drug-likeness (QED) is 0.745. The minimum atomic E-state index is -4.85. The molecule has 6 nitrogen and oxygen atoms in total. The lowest BCUT2D eigenvalue weighted by molar-refractivity contribution is -0.274. The Morgan fingerprint density at radius 2 is 1.88 bits per heavy atom. The van der Waals surface area contributed by atoms with Crippen LogP contribution in [0.3, 0.4) is 0 Å². The smallest absolute Gasteiger partial charge is 0.406 e. The number of alkyl halides is 3. The number of hydrogen-bond donors (Lipinski definition) is 0. The van der Waals surface area contributed by atoms with Gasteiger partial charge in [0.15, 0.2) is 0 Å². The van der Waals surface area contributed by atoms with Crippen LogP contribution < -0.4 is 4.74 Å². The van der Waals surface area contributed by atoms with Crippen molar-refractivity contribution in [3.05, 3.63) is 24.3 Å². The summed E-state index contributed by atoms with van der Waals surface area (Å²) < 4.78 is 67.2. The van der Waals surface area contributed by atoms with Crippen molar-refractivity contribution in [3.8, 4) is 5.75 Å². The third kappa shape index (κ3) is 4.09. The highest BCUT2D eigenvalue weighted by atomic mass is 32.2. The van der Waals surface area contributed by atoms with Crippen LogP contribution in [0.25, 0.3) is 0 Å². The van der Waals surface area contributed by atoms with Gasteiger partial charge < -0.3 is 9.64 Å². The van der Waals surface area contributed by atoms with Gasteiger partial charge in [0.2, 0.25) is 15.9 Å². The molecule has 1 heterocycles. The van der Waals surface area contributed by atoms with Gasteiger partial charge in [0, 0.05) is 18.8 Å². The second-order valence-corrected chi connectivity index (χ2v) is 9.00. The van der Waals surface area contributed by atoms with Gasteiger partial charge in [0.1, 0.15) is 11.8 Å². The van der Waals surface area contributed by atoms with Gasteiger partial charge in [-0.1, -0.05) is 0 Å². The number of ether oxygens (including phenoxy) is 1. The van der Waals surface area contributed by atoms with Crippen LogP contribution in [0.1, 0.15) is 12.8 Å². The van der Waals surface area contributed by atoms with E-state index >= 15 is 0 Å². The molecule has 0 bridgehead atoms. The van der Waals surface area contributed by atoms with Crippen LogP contribution in [-0.2, 0) is 14.8 Å². The molecule has 1 aromatic carbocycles. The molecule has 1 aromatic rings. The minimum Gasteiger partial charge on any atom is -0.406 e. The van der Waals surface area contributed by atoms with Crippen LogP contribution in [0.4, 0.5) is 13.2 Å². The lowest BCUT2D eigenvalue weighted by Gasteiger charge is -2.26. The number of rotatable bonds is 5. The molecular weight excluding hydrogens is 393 g/mol. The van der Waals surface area contributed by atoms with Gasteiger partial charge in [-0.25, -0.2) is 8.42 Å². The third-order valence-corrected chi connectivity index (χ3v) is 7.28. The molecule has 0 aromatic heterocycles. The lowest BCUT2D eigenvalue weighted by atomic mass is 10.3.